The molecule has 0 atom stereocenters. The molecule has 0 saturated heterocycles. The maximum atomic E-state index is 2.52. The van der Waals surface area contributed by atoms with Crippen LogP contribution in [-0.2, 0) is 0 Å². The third-order valence-corrected chi connectivity index (χ3v) is 12.2. The van der Waals surface area contributed by atoms with Crippen LogP contribution in [0.4, 0.5) is 17.1 Å². The van der Waals surface area contributed by atoms with E-state index in [1.807, 2.05) is 11.3 Å². The van der Waals surface area contributed by atoms with Crippen LogP contribution in [0.25, 0.3) is 85.9 Å². The predicted molar refractivity (Wildman–Crippen MR) is 223 cm³/mol. The molecule has 0 saturated carbocycles. The van der Waals surface area contributed by atoms with Gasteiger partial charge in [0.25, 0.3) is 0 Å². The van der Waals surface area contributed by atoms with Crippen molar-refractivity contribution >= 4 is 103 Å². The molecule has 0 aliphatic carbocycles. The van der Waals surface area contributed by atoms with Crippen LogP contribution in [0.3, 0.4) is 0 Å². The van der Waals surface area contributed by atoms with Gasteiger partial charge in [0.1, 0.15) is 0 Å². The van der Waals surface area contributed by atoms with Gasteiger partial charge < -0.3 is 13.7 Å². The molecular formula is C48H29N3S. The van der Waals surface area contributed by atoms with Crippen molar-refractivity contribution < 1.29 is 0 Å². The Morgan fingerprint density at radius 2 is 0.942 bits per heavy atom. The standard InChI is InChI=1S/C48H29N3S/c1-2-11-30(12-3-1)31-21-23-32(24-22-31)49(43-19-10-16-39-36-15-6-9-20-45(36)52-48(39)43)33-25-28-42-44(29-33)51-41-18-8-5-14-35(41)38-27-26-37-34-13-4-7-17-40(34)50(42)46(37)47(38)51/h1-29H. The molecule has 12 aromatic rings. The van der Waals surface area contributed by atoms with Gasteiger partial charge in [0.05, 0.1) is 43.5 Å². The van der Waals surface area contributed by atoms with Crippen molar-refractivity contribution in [2.75, 3.05) is 4.90 Å². The normalized spacial score (nSPS) is 12.2. The highest BCUT2D eigenvalue weighted by atomic mass is 32.1. The summed E-state index contributed by atoms with van der Waals surface area (Å²) < 4.78 is 7.60. The third kappa shape index (κ3) is 3.74. The van der Waals surface area contributed by atoms with Gasteiger partial charge in [-0.2, -0.15) is 0 Å². The average Bonchev–Trinajstić information content (AvgIpc) is 3.87. The van der Waals surface area contributed by atoms with E-state index in [9.17, 15) is 0 Å². The number of nitrogens with zero attached hydrogens (tertiary/aromatic N) is 3. The van der Waals surface area contributed by atoms with E-state index in [2.05, 4.69) is 190 Å². The van der Waals surface area contributed by atoms with Crippen molar-refractivity contribution in [3.8, 4) is 11.1 Å². The highest BCUT2D eigenvalue weighted by molar-refractivity contribution is 7.26. The lowest BCUT2D eigenvalue weighted by molar-refractivity contribution is 1.24. The highest BCUT2D eigenvalue weighted by Crippen LogP contribution is 2.47. The highest BCUT2D eigenvalue weighted by Gasteiger charge is 2.24. The van der Waals surface area contributed by atoms with Crippen LogP contribution in [0.2, 0.25) is 0 Å². The molecule has 0 spiro atoms. The molecular weight excluding hydrogens is 651 g/mol. The zero-order valence-electron chi connectivity index (χ0n) is 28.0. The van der Waals surface area contributed by atoms with Crippen molar-refractivity contribution in [2.24, 2.45) is 0 Å². The molecule has 8 aromatic carbocycles. The fourth-order valence-corrected chi connectivity index (χ4v) is 10.00. The van der Waals surface area contributed by atoms with E-state index in [1.165, 1.54) is 91.6 Å². The van der Waals surface area contributed by atoms with Gasteiger partial charge in [0.15, 0.2) is 0 Å². The Balaban J connectivity index is 1.19. The van der Waals surface area contributed by atoms with Crippen LogP contribution >= 0.6 is 11.3 Å². The quantitative estimate of drug-likeness (QED) is 0.169. The number of hydrogen-bond donors (Lipinski definition) is 0. The fourth-order valence-electron chi connectivity index (χ4n) is 8.79. The summed E-state index contributed by atoms with van der Waals surface area (Å²) in [5.74, 6) is 0. The first-order valence-corrected chi connectivity index (χ1v) is 18.6. The summed E-state index contributed by atoms with van der Waals surface area (Å²) in [7, 11) is 0. The van der Waals surface area contributed by atoms with E-state index in [0.717, 1.165) is 11.4 Å². The van der Waals surface area contributed by atoms with Crippen molar-refractivity contribution in [3.05, 3.63) is 176 Å². The topological polar surface area (TPSA) is 12.1 Å². The van der Waals surface area contributed by atoms with E-state index < -0.39 is 0 Å². The zero-order valence-corrected chi connectivity index (χ0v) is 28.8. The van der Waals surface area contributed by atoms with Crippen molar-refractivity contribution in [3.63, 3.8) is 0 Å². The minimum absolute atomic E-state index is 1.12. The number of thiophene rings is 1. The number of para-hydroxylation sites is 2. The van der Waals surface area contributed by atoms with Crippen molar-refractivity contribution in [1.29, 1.82) is 0 Å². The average molecular weight is 680 g/mol. The Kier molecular flexibility index (Phi) is 5.65. The first kappa shape index (κ1) is 28.1. The summed E-state index contributed by atoms with van der Waals surface area (Å²) in [6, 6.07) is 64.6. The minimum atomic E-state index is 1.12. The predicted octanol–water partition coefficient (Wildman–Crippen LogP) is 13.7. The SMILES string of the molecule is c1ccc(-c2ccc(N(c3ccc4c(c3)n3c5ccccc5c5ccc6c7ccccc7n4c6c53)c3cccc4c3sc3ccccc34)cc2)cc1. The number of aromatic nitrogens is 2. The van der Waals surface area contributed by atoms with E-state index in [4.69, 9.17) is 0 Å². The van der Waals surface area contributed by atoms with E-state index in [-0.39, 0.29) is 0 Å². The molecule has 4 heterocycles. The smallest absolute Gasteiger partial charge is 0.0789 e. The lowest BCUT2D eigenvalue weighted by atomic mass is 10.0. The lowest BCUT2D eigenvalue weighted by Crippen LogP contribution is -2.10. The first-order valence-electron chi connectivity index (χ1n) is 17.8. The van der Waals surface area contributed by atoms with Crippen LogP contribution in [-0.4, -0.2) is 8.80 Å². The Morgan fingerprint density at radius 1 is 0.365 bits per heavy atom. The van der Waals surface area contributed by atoms with Gasteiger partial charge in [-0.05, 0) is 65.7 Å². The summed E-state index contributed by atoms with van der Waals surface area (Å²) in [5.41, 5.74) is 13.2. The molecule has 52 heavy (non-hydrogen) atoms. The maximum Gasteiger partial charge on any atom is 0.0789 e. The number of hydrogen-bond acceptors (Lipinski definition) is 2. The summed E-state index contributed by atoms with van der Waals surface area (Å²) in [6.45, 7) is 0. The van der Waals surface area contributed by atoms with Crippen LogP contribution in [0.1, 0.15) is 0 Å². The molecule has 0 amide bonds. The van der Waals surface area contributed by atoms with Crippen LogP contribution < -0.4 is 4.90 Å². The van der Waals surface area contributed by atoms with Gasteiger partial charge in [-0.25, -0.2) is 0 Å². The second-order valence-corrected chi connectivity index (χ2v) is 14.8. The Hall–Kier alpha value is -6.62. The van der Waals surface area contributed by atoms with E-state index in [1.54, 1.807) is 0 Å². The molecule has 0 unspecified atom stereocenters. The third-order valence-electron chi connectivity index (χ3n) is 11.0. The van der Waals surface area contributed by atoms with Crippen molar-refractivity contribution in [2.45, 2.75) is 0 Å². The fraction of sp³-hybridized carbons (Fsp3) is 0. The maximum absolute atomic E-state index is 2.52. The molecule has 0 N–H and O–H groups in total. The molecule has 242 valence electrons. The van der Waals surface area contributed by atoms with Gasteiger partial charge in [0, 0.05) is 48.4 Å². The lowest BCUT2D eigenvalue weighted by Gasteiger charge is -2.27. The summed E-state index contributed by atoms with van der Waals surface area (Å²) in [5, 5.41) is 7.72. The Labute approximate surface area is 302 Å². The molecule has 4 heteroatoms. The monoisotopic (exact) mass is 679 g/mol. The molecule has 0 bridgehead atoms. The first-order chi connectivity index (χ1) is 25.8. The summed E-state index contributed by atoms with van der Waals surface area (Å²) >= 11 is 1.87. The Morgan fingerprint density at radius 3 is 1.67 bits per heavy atom. The van der Waals surface area contributed by atoms with Gasteiger partial charge in [-0.1, -0.05) is 121 Å². The number of fused-ring (bicyclic) bond motifs is 12. The van der Waals surface area contributed by atoms with E-state index >= 15 is 0 Å². The zero-order chi connectivity index (χ0) is 33.9. The van der Waals surface area contributed by atoms with Crippen molar-refractivity contribution in [1.82, 2.24) is 8.80 Å². The largest absolute Gasteiger partial charge is 0.309 e. The van der Waals surface area contributed by atoms with Gasteiger partial charge in [-0.15, -0.1) is 11.3 Å². The van der Waals surface area contributed by atoms with Gasteiger partial charge in [0.2, 0.25) is 0 Å². The van der Waals surface area contributed by atoms with Crippen LogP contribution in [0, 0.1) is 0 Å². The number of rotatable bonds is 4. The van der Waals surface area contributed by atoms with E-state index in [0.29, 0.717) is 0 Å². The Bertz CT molecular complexity index is 3350. The molecule has 0 fully saturated rings. The molecule has 4 aromatic heterocycles. The summed E-state index contributed by atoms with van der Waals surface area (Å²) in [4.78, 5) is 2.46. The number of anilines is 3. The van der Waals surface area contributed by atoms with Crippen LogP contribution in [0.5, 0.6) is 0 Å². The summed E-state index contributed by atoms with van der Waals surface area (Å²) in [6.07, 6.45) is 0. The van der Waals surface area contributed by atoms with Gasteiger partial charge >= 0.3 is 0 Å². The second-order valence-electron chi connectivity index (χ2n) is 13.7. The van der Waals surface area contributed by atoms with Gasteiger partial charge in [-0.3, -0.25) is 0 Å². The molecule has 0 aliphatic heterocycles. The minimum Gasteiger partial charge on any atom is -0.309 e. The number of benzene rings is 8. The molecule has 0 aliphatic rings. The molecule has 12 rings (SSSR count). The van der Waals surface area contributed by atoms with Crippen LogP contribution in [0.15, 0.2) is 176 Å². The molecule has 3 nitrogen and oxygen atoms in total. The second kappa shape index (κ2) is 10.5. The molecule has 0 radical (unpaired) electrons.